The number of aliphatic hydroxyl groups excluding tert-OH is 2. The quantitative estimate of drug-likeness (QED) is 0.297. The monoisotopic (exact) mass is 732 g/mol. The predicted octanol–water partition coefficient (Wildman–Crippen LogP) is 5.46. The summed E-state index contributed by atoms with van der Waals surface area (Å²) >= 11 is 0. The first-order chi connectivity index (χ1) is 24.8. The second-order valence-electron chi connectivity index (χ2n) is 16.9. The Morgan fingerprint density at radius 1 is 0.904 bits per heavy atom. The minimum atomic E-state index is -1.05. The molecule has 0 aromatic heterocycles. The van der Waals surface area contributed by atoms with Gasteiger partial charge in [-0.3, -0.25) is 9.59 Å². The normalized spacial score (nSPS) is 40.2. The van der Waals surface area contributed by atoms with Gasteiger partial charge in [0.15, 0.2) is 12.1 Å². The molecular formula is C42H73N3O7. The van der Waals surface area contributed by atoms with Crippen molar-refractivity contribution < 1.29 is 34.0 Å². The summed E-state index contributed by atoms with van der Waals surface area (Å²) in [5.41, 5.74) is 0.975. The minimum Gasteiger partial charge on any atom is -0.462 e. The smallest absolute Gasteiger partial charge is 0.308 e. The summed E-state index contributed by atoms with van der Waals surface area (Å²) in [4.78, 5) is 34.4. The van der Waals surface area contributed by atoms with Crippen LogP contribution in [0.4, 0.5) is 0 Å². The minimum absolute atomic E-state index is 0.0408. The van der Waals surface area contributed by atoms with Gasteiger partial charge in [-0.2, -0.15) is 0 Å². The van der Waals surface area contributed by atoms with Crippen molar-refractivity contribution in [2.75, 3.05) is 53.4 Å². The van der Waals surface area contributed by atoms with E-state index >= 15 is 0 Å². The Kier molecular flexibility index (Phi) is 17.3. The van der Waals surface area contributed by atoms with Crippen LogP contribution in [0.5, 0.6) is 0 Å². The number of ether oxygens (including phenoxy) is 3. The van der Waals surface area contributed by atoms with E-state index in [2.05, 4.69) is 22.8 Å². The van der Waals surface area contributed by atoms with Gasteiger partial charge in [0, 0.05) is 36.3 Å². The number of esters is 1. The number of piperidine rings is 2. The van der Waals surface area contributed by atoms with E-state index < -0.39 is 36.5 Å². The molecule has 0 aromatic rings. The molecule has 10 heteroatoms. The maximum atomic E-state index is 13.8. The summed E-state index contributed by atoms with van der Waals surface area (Å²) in [6.45, 7) is 17.9. The van der Waals surface area contributed by atoms with Gasteiger partial charge in [-0.15, -0.1) is 0 Å². The fourth-order valence-corrected chi connectivity index (χ4v) is 9.15. The zero-order valence-electron chi connectivity index (χ0n) is 33.8. The molecule has 3 saturated heterocycles. The fourth-order valence-electron chi connectivity index (χ4n) is 9.15. The standard InChI is InChI=1S/C42H73N3O7/c1-9-37-34(27-45-21-14-11-15-22-45)24-28(2)16-17-35(46)29(3)25-33(18-23-44-19-12-10-13-20-44)41(31(5)36(47)26-38(48)51-37)52-42-40(49)39(43(7)8)30(4)32(6)50-42/h16-17,24,29-34,36-37,39-42,47,49H,9-15,18-23,25-27H2,1-8H3/b17-16+,28-24+/t29-,30?,31+,32?,33+,34-,36-,37-,39?,40?,41-,42?/m1/s1. The summed E-state index contributed by atoms with van der Waals surface area (Å²) in [6.07, 6.45) is 10.8. The molecule has 12 atom stereocenters. The third kappa shape index (κ3) is 12.2. The Hall–Kier alpha value is -1.66. The molecule has 52 heavy (non-hydrogen) atoms. The highest BCUT2D eigenvalue weighted by Crippen LogP contribution is 2.36. The van der Waals surface area contributed by atoms with Crippen LogP contribution < -0.4 is 0 Å². The zero-order valence-corrected chi connectivity index (χ0v) is 33.8. The molecule has 0 bridgehead atoms. The van der Waals surface area contributed by atoms with Crippen molar-refractivity contribution in [2.24, 2.45) is 29.6 Å². The summed E-state index contributed by atoms with van der Waals surface area (Å²) < 4.78 is 19.5. The maximum absolute atomic E-state index is 13.8. The molecule has 4 aliphatic rings. The van der Waals surface area contributed by atoms with Gasteiger partial charge in [0.05, 0.1) is 24.7 Å². The number of carbonyl (C=O) groups is 2. The van der Waals surface area contributed by atoms with Gasteiger partial charge in [-0.25, -0.2) is 0 Å². The molecule has 0 aromatic carbocycles. The highest BCUT2D eigenvalue weighted by Gasteiger charge is 2.46. The lowest BCUT2D eigenvalue weighted by molar-refractivity contribution is -0.295. The number of nitrogens with zero attached hydrogens (tertiary/aromatic N) is 3. The first-order valence-corrected chi connectivity index (χ1v) is 20.7. The molecule has 4 aliphatic heterocycles. The highest BCUT2D eigenvalue weighted by molar-refractivity contribution is 5.91. The summed E-state index contributed by atoms with van der Waals surface area (Å²) in [5.74, 6) is -1.26. The van der Waals surface area contributed by atoms with E-state index in [0.29, 0.717) is 12.8 Å². The third-order valence-electron chi connectivity index (χ3n) is 12.6. The second-order valence-corrected chi connectivity index (χ2v) is 16.9. The van der Waals surface area contributed by atoms with E-state index in [1.807, 2.05) is 59.7 Å². The molecule has 0 spiro atoms. The predicted molar refractivity (Wildman–Crippen MR) is 206 cm³/mol. The number of carbonyl (C=O) groups excluding carboxylic acids is 2. The van der Waals surface area contributed by atoms with Crippen molar-refractivity contribution in [3.05, 3.63) is 23.8 Å². The number of likely N-dealkylation sites (N-methyl/N-ethyl adjacent to an activating group) is 1. The lowest BCUT2D eigenvalue weighted by atomic mass is 9.79. The SMILES string of the molecule is CC[C@H]1OC(=O)C[C@@H](O)[C@H](C)[C@@H](OC2OC(C)C(C)C(N(C)C)C2O)[C@@H](CCN2CCCCC2)C[C@@H](C)C(=O)/C=C/C(C)=C/[C@@H]1CN1CCCCC1. The lowest BCUT2D eigenvalue weighted by Gasteiger charge is -2.47. The molecule has 4 heterocycles. The molecule has 0 radical (unpaired) electrons. The average molecular weight is 732 g/mol. The number of likely N-dealkylation sites (tertiary alicyclic amines) is 2. The average Bonchev–Trinajstić information content (AvgIpc) is 3.12. The Labute approximate surface area is 315 Å². The van der Waals surface area contributed by atoms with Gasteiger partial charge in [-0.1, -0.05) is 58.3 Å². The van der Waals surface area contributed by atoms with Crippen molar-refractivity contribution in [3.8, 4) is 0 Å². The topological polar surface area (TPSA) is 112 Å². The summed E-state index contributed by atoms with van der Waals surface area (Å²) in [6, 6.07) is -0.187. The Morgan fingerprint density at radius 2 is 1.54 bits per heavy atom. The molecule has 298 valence electrons. The number of hydrogen-bond donors (Lipinski definition) is 2. The molecule has 10 nitrogen and oxygen atoms in total. The molecule has 0 amide bonds. The number of cyclic esters (lactones) is 1. The van der Waals surface area contributed by atoms with E-state index in [9.17, 15) is 19.8 Å². The van der Waals surface area contributed by atoms with Gasteiger partial charge in [0.25, 0.3) is 0 Å². The lowest BCUT2D eigenvalue weighted by Crippen LogP contribution is -2.60. The second kappa shape index (κ2) is 20.9. The number of hydrogen-bond acceptors (Lipinski definition) is 10. The van der Waals surface area contributed by atoms with Gasteiger partial charge >= 0.3 is 5.97 Å². The first kappa shape index (κ1) is 43.1. The van der Waals surface area contributed by atoms with Gasteiger partial charge < -0.3 is 39.1 Å². The zero-order chi connectivity index (χ0) is 37.9. The van der Waals surface area contributed by atoms with Gasteiger partial charge in [0.2, 0.25) is 0 Å². The van der Waals surface area contributed by atoms with Crippen LogP contribution in [0.1, 0.15) is 106 Å². The number of allylic oxidation sites excluding steroid dienone is 3. The number of ketones is 1. The molecule has 0 aliphatic carbocycles. The molecule has 4 rings (SSSR count). The summed E-state index contributed by atoms with van der Waals surface area (Å²) in [7, 11) is 3.92. The molecular weight excluding hydrogens is 658 g/mol. The van der Waals surface area contributed by atoms with Crippen LogP contribution in [0, 0.1) is 29.6 Å². The highest BCUT2D eigenvalue weighted by atomic mass is 16.7. The van der Waals surface area contributed by atoms with Crippen LogP contribution in [0.3, 0.4) is 0 Å². The van der Waals surface area contributed by atoms with Gasteiger partial charge in [-0.05, 0) is 118 Å². The van der Waals surface area contributed by atoms with Crippen molar-refractivity contribution in [1.29, 1.82) is 0 Å². The van der Waals surface area contributed by atoms with Crippen LogP contribution in [0.15, 0.2) is 23.8 Å². The van der Waals surface area contributed by atoms with Gasteiger partial charge in [0.1, 0.15) is 12.2 Å². The van der Waals surface area contributed by atoms with Crippen molar-refractivity contribution in [3.63, 3.8) is 0 Å². The number of aliphatic hydroxyl groups is 2. The van der Waals surface area contributed by atoms with Crippen LogP contribution in [-0.4, -0.2) is 133 Å². The van der Waals surface area contributed by atoms with Crippen molar-refractivity contribution in [1.82, 2.24) is 14.7 Å². The molecule has 5 unspecified atom stereocenters. The fraction of sp³-hybridized carbons (Fsp3) is 0.857. The van der Waals surface area contributed by atoms with E-state index in [4.69, 9.17) is 14.2 Å². The molecule has 3 fully saturated rings. The van der Waals surface area contributed by atoms with Crippen LogP contribution >= 0.6 is 0 Å². The van der Waals surface area contributed by atoms with E-state index in [-0.39, 0.29) is 54.1 Å². The Morgan fingerprint density at radius 3 is 2.15 bits per heavy atom. The number of rotatable bonds is 9. The van der Waals surface area contributed by atoms with Crippen LogP contribution in [0.2, 0.25) is 0 Å². The van der Waals surface area contributed by atoms with E-state index in [1.165, 1.54) is 38.5 Å². The van der Waals surface area contributed by atoms with Crippen molar-refractivity contribution >= 4 is 11.8 Å². The molecule has 2 N–H and O–H groups in total. The maximum Gasteiger partial charge on any atom is 0.308 e. The largest absolute Gasteiger partial charge is 0.462 e. The van der Waals surface area contributed by atoms with Crippen LogP contribution in [0.25, 0.3) is 0 Å². The van der Waals surface area contributed by atoms with E-state index in [0.717, 1.165) is 51.3 Å². The van der Waals surface area contributed by atoms with E-state index in [1.54, 1.807) is 6.08 Å². The molecule has 0 saturated carbocycles. The first-order valence-electron chi connectivity index (χ1n) is 20.7. The summed E-state index contributed by atoms with van der Waals surface area (Å²) in [5, 5.41) is 23.5. The Balaban J connectivity index is 1.68. The third-order valence-corrected chi connectivity index (χ3v) is 12.6. The van der Waals surface area contributed by atoms with Crippen molar-refractivity contribution in [2.45, 2.75) is 149 Å². The Bertz CT molecular complexity index is 1170. The van der Waals surface area contributed by atoms with Crippen LogP contribution in [-0.2, 0) is 23.8 Å².